The maximum absolute atomic E-state index is 12.5. The SMILES string of the molecule is CCN(CC)CCCS(=N)(=O)NC(=O)Nc1c(C(C)C)cc(Cl)cc1C(C)C. The summed E-state index contributed by atoms with van der Waals surface area (Å²) in [5.41, 5.74) is 2.53. The quantitative estimate of drug-likeness (QED) is 0.464. The Balaban J connectivity index is 2.90. The Morgan fingerprint density at radius 3 is 2.07 bits per heavy atom. The first-order valence-corrected chi connectivity index (χ1v) is 12.0. The van der Waals surface area contributed by atoms with Crippen LogP contribution >= 0.6 is 11.6 Å². The van der Waals surface area contributed by atoms with E-state index in [2.05, 4.69) is 28.8 Å². The second-order valence-electron chi connectivity index (χ2n) is 7.58. The number of rotatable bonds is 10. The minimum Gasteiger partial charge on any atom is -0.307 e. The van der Waals surface area contributed by atoms with E-state index >= 15 is 0 Å². The summed E-state index contributed by atoms with van der Waals surface area (Å²) < 4.78 is 22.9. The fourth-order valence-corrected chi connectivity index (χ4v) is 4.30. The molecule has 0 aliphatic heterocycles. The summed E-state index contributed by atoms with van der Waals surface area (Å²) in [5.74, 6) is 0.438. The Morgan fingerprint density at radius 1 is 1.14 bits per heavy atom. The summed E-state index contributed by atoms with van der Waals surface area (Å²) >= 11 is 6.25. The van der Waals surface area contributed by atoms with Crippen LogP contribution in [0.2, 0.25) is 5.02 Å². The Kier molecular flexibility index (Phi) is 9.74. The molecule has 0 aromatic heterocycles. The van der Waals surface area contributed by atoms with E-state index in [1.54, 1.807) is 0 Å². The summed E-state index contributed by atoms with van der Waals surface area (Å²) in [5, 5.41) is 3.45. The molecule has 3 N–H and O–H groups in total. The fourth-order valence-electron chi connectivity index (χ4n) is 3.08. The predicted molar refractivity (Wildman–Crippen MR) is 120 cm³/mol. The monoisotopic (exact) mass is 430 g/mol. The number of amides is 2. The van der Waals surface area contributed by atoms with Crippen LogP contribution in [0.15, 0.2) is 12.1 Å². The van der Waals surface area contributed by atoms with Crippen LogP contribution in [0.25, 0.3) is 0 Å². The van der Waals surface area contributed by atoms with Crippen LogP contribution in [0.4, 0.5) is 10.5 Å². The molecule has 2 amide bonds. The van der Waals surface area contributed by atoms with Gasteiger partial charge in [0.1, 0.15) is 9.92 Å². The zero-order valence-corrected chi connectivity index (χ0v) is 19.5. The summed E-state index contributed by atoms with van der Waals surface area (Å²) in [4.78, 5) is 14.7. The van der Waals surface area contributed by atoms with Crippen molar-refractivity contribution in [2.24, 2.45) is 0 Å². The number of anilines is 1. The molecule has 8 heteroatoms. The fraction of sp³-hybridized carbons (Fsp3) is 0.650. The smallest absolute Gasteiger partial charge is 0.307 e. The molecule has 0 radical (unpaired) electrons. The van der Waals surface area contributed by atoms with Gasteiger partial charge in [-0.1, -0.05) is 53.1 Å². The number of hydrogen-bond acceptors (Lipinski definition) is 4. The van der Waals surface area contributed by atoms with Crippen molar-refractivity contribution < 1.29 is 9.00 Å². The average molecular weight is 431 g/mol. The van der Waals surface area contributed by atoms with E-state index in [-0.39, 0.29) is 17.6 Å². The number of halogens is 1. The van der Waals surface area contributed by atoms with Crippen molar-refractivity contribution in [2.75, 3.05) is 30.7 Å². The van der Waals surface area contributed by atoms with Crippen molar-refractivity contribution in [1.29, 1.82) is 4.78 Å². The van der Waals surface area contributed by atoms with Gasteiger partial charge in [0.25, 0.3) is 0 Å². The highest BCUT2D eigenvalue weighted by Crippen LogP contribution is 2.35. The highest BCUT2D eigenvalue weighted by Gasteiger charge is 2.19. The molecule has 0 aliphatic carbocycles. The van der Waals surface area contributed by atoms with E-state index in [9.17, 15) is 9.00 Å². The molecule has 0 fully saturated rings. The molecule has 0 spiro atoms. The van der Waals surface area contributed by atoms with Crippen LogP contribution in [-0.2, 0) is 9.92 Å². The Labute approximate surface area is 175 Å². The van der Waals surface area contributed by atoms with Crippen molar-refractivity contribution in [2.45, 2.75) is 59.8 Å². The van der Waals surface area contributed by atoms with Crippen LogP contribution in [0.3, 0.4) is 0 Å². The van der Waals surface area contributed by atoms with Crippen molar-refractivity contribution in [3.63, 3.8) is 0 Å². The van der Waals surface area contributed by atoms with Crippen LogP contribution in [-0.4, -0.2) is 40.5 Å². The van der Waals surface area contributed by atoms with Crippen LogP contribution < -0.4 is 10.0 Å². The molecule has 0 heterocycles. The van der Waals surface area contributed by atoms with Gasteiger partial charge in [0.2, 0.25) is 0 Å². The largest absolute Gasteiger partial charge is 0.331 e. The van der Waals surface area contributed by atoms with E-state index in [0.717, 1.165) is 30.8 Å². The molecule has 0 bridgehead atoms. The lowest BCUT2D eigenvalue weighted by Gasteiger charge is -2.22. The number of nitrogens with zero attached hydrogens (tertiary/aromatic N) is 1. The highest BCUT2D eigenvalue weighted by atomic mass is 35.5. The van der Waals surface area contributed by atoms with E-state index in [1.165, 1.54) is 0 Å². The zero-order chi connectivity index (χ0) is 21.5. The summed E-state index contributed by atoms with van der Waals surface area (Å²) in [6, 6.07) is 3.07. The van der Waals surface area contributed by atoms with Crippen molar-refractivity contribution in [3.05, 3.63) is 28.3 Å². The van der Waals surface area contributed by atoms with E-state index in [0.29, 0.717) is 17.1 Å². The minimum absolute atomic E-state index is 0.131. The first kappa shape index (κ1) is 24.7. The molecule has 6 nitrogen and oxygen atoms in total. The van der Waals surface area contributed by atoms with Crippen molar-refractivity contribution in [3.8, 4) is 0 Å². The lowest BCUT2D eigenvalue weighted by atomic mass is 9.92. The second kappa shape index (κ2) is 11.0. The molecule has 160 valence electrons. The summed E-state index contributed by atoms with van der Waals surface area (Å²) in [6.45, 7) is 14.8. The molecule has 1 unspecified atom stereocenters. The number of nitrogens with one attached hydrogen (secondary N) is 3. The van der Waals surface area contributed by atoms with Gasteiger partial charge in [0.15, 0.2) is 0 Å². The Morgan fingerprint density at radius 2 is 1.64 bits per heavy atom. The number of carbonyl (C=O) groups is 1. The van der Waals surface area contributed by atoms with E-state index in [1.807, 2.05) is 39.8 Å². The number of hydrogen-bond donors (Lipinski definition) is 3. The van der Waals surface area contributed by atoms with Crippen LogP contribution in [0.5, 0.6) is 0 Å². The Bertz CT molecular complexity index is 730. The Hall–Kier alpha value is -1.31. The normalized spacial score (nSPS) is 13.8. The number of carbonyl (C=O) groups excluding carboxylic acids is 1. The summed E-state index contributed by atoms with van der Waals surface area (Å²) in [7, 11) is -3.20. The van der Waals surface area contributed by atoms with Gasteiger partial charge in [-0.15, -0.1) is 0 Å². The summed E-state index contributed by atoms with van der Waals surface area (Å²) in [6.07, 6.45) is 0.597. The van der Waals surface area contributed by atoms with Crippen LogP contribution in [0.1, 0.15) is 70.9 Å². The number of urea groups is 1. The molecule has 1 aromatic carbocycles. The first-order chi connectivity index (χ1) is 13.0. The molecule has 0 saturated carbocycles. The second-order valence-corrected chi connectivity index (χ2v) is 9.98. The first-order valence-electron chi connectivity index (χ1n) is 9.91. The van der Waals surface area contributed by atoms with Crippen LogP contribution in [0, 0.1) is 4.78 Å². The van der Waals surface area contributed by atoms with Gasteiger partial charge in [-0.25, -0.2) is 13.8 Å². The predicted octanol–water partition coefficient (Wildman–Crippen LogP) is 5.40. The van der Waals surface area contributed by atoms with Gasteiger partial charge in [-0.05, 0) is 61.2 Å². The third-order valence-corrected chi connectivity index (χ3v) is 6.30. The molecular formula is C20H35ClN4O2S. The van der Waals surface area contributed by atoms with Gasteiger partial charge >= 0.3 is 6.03 Å². The third kappa shape index (κ3) is 7.60. The molecule has 28 heavy (non-hydrogen) atoms. The highest BCUT2D eigenvalue weighted by molar-refractivity contribution is 7.91. The minimum atomic E-state index is -3.20. The van der Waals surface area contributed by atoms with Gasteiger partial charge < -0.3 is 10.2 Å². The lowest BCUT2D eigenvalue weighted by molar-refractivity contribution is 0.256. The third-order valence-electron chi connectivity index (χ3n) is 4.70. The van der Waals surface area contributed by atoms with Gasteiger partial charge in [-0.3, -0.25) is 4.72 Å². The molecule has 0 saturated heterocycles. The van der Waals surface area contributed by atoms with Gasteiger partial charge in [0, 0.05) is 10.7 Å². The van der Waals surface area contributed by atoms with E-state index < -0.39 is 15.9 Å². The molecule has 1 rings (SSSR count). The maximum Gasteiger partial charge on any atom is 0.331 e. The zero-order valence-electron chi connectivity index (χ0n) is 17.9. The van der Waals surface area contributed by atoms with Gasteiger partial charge in [0.05, 0.1) is 5.75 Å². The molecular weight excluding hydrogens is 396 g/mol. The standard InChI is InChI=1S/C20H35ClN4O2S/c1-7-25(8-2)10-9-11-28(22,27)24-20(26)23-19-17(14(3)4)12-16(21)13-18(19)15(5)6/h12-15H,7-11H2,1-6H3,(H3,22,23,24,26,27). The van der Waals surface area contributed by atoms with Gasteiger partial charge in [-0.2, -0.15) is 0 Å². The maximum atomic E-state index is 12.5. The number of benzene rings is 1. The molecule has 1 aromatic rings. The average Bonchev–Trinajstić information content (AvgIpc) is 2.58. The van der Waals surface area contributed by atoms with Crippen molar-refractivity contribution in [1.82, 2.24) is 9.62 Å². The topological polar surface area (TPSA) is 85.3 Å². The van der Waals surface area contributed by atoms with Crippen molar-refractivity contribution >= 4 is 33.2 Å². The molecule has 1 atom stereocenters. The van der Waals surface area contributed by atoms with E-state index in [4.69, 9.17) is 16.4 Å². The molecule has 0 aliphatic rings. The lowest BCUT2D eigenvalue weighted by Crippen LogP contribution is -2.36.